The van der Waals surface area contributed by atoms with E-state index in [0.717, 1.165) is 64.8 Å². The van der Waals surface area contributed by atoms with Gasteiger partial charge < -0.3 is 19.5 Å². The van der Waals surface area contributed by atoms with Crippen molar-refractivity contribution in [1.29, 1.82) is 0 Å². The number of piperidine rings is 1. The zero-order chi connectivity index (χ0) is 22.2. The number of aryl methyl sites for hydroxylation is 1. The molecule has 0 unspecified atom stereocenters. The Morgan fingerprint density at radius 2 is 1.79 bits per heavy atom. The molecule has 0 spiro atoms. The third kappa shape index (κ3) is 4.43. The molecule has 1 aliphatic rings. The second-order valence-electron chi connectivity index (χ2n) is 8.66. The smallest absolute Gasteiger partial charge is 0.182 e. The summed E-state index contributed by atoms with van der Waals surface area (Å²) in [4.78, 5) is 7.20. The van der Waals surface area contributed by atoms with Gasteiger partial charge >= 0.3 is 0 Å². The van der Waals surface area contributed by atoms with Gasteiger partial charge in [0.15, 0.2) is 17.1 Å². The van der Waals surface area contributed by atoms with Gasteiger partial charge in [-0.05, 0) is 82.2 Å². The summed E-state index contributed by atoms with van der Waals surface area (Å²) < 4.78 is 12.0. The molecule has 0 aliphatic carbocycles. The van der Waals surface area contributed by atoms with E-state index in [1.54, 1.807) is 19.2 Å². The molecule has 3 heterocycles. The number of benzene rings is 2. The lowest BCUT2D eigenvalue weighted by molar-refractivity contribution is 0.157. The number of hydrogen-bond acceptors (Lipinski definition) is 6. The van der Waals surface area contributed by atoms with Gasteiger partial charge in [0.05, 0.1) is 19.4 Å². The van der Waals surface area contributed by atoms with Crippen molar-refractivity contribution in [2.24, 2.45) is 5.92 Å². The average molecular weight is 469 g/mol. The van der Waals surface area contributed by atoms with Crippen molar-refractivity contribution in [3.63, 3.8) is 0 Å². The normalized spacial score (nSPS) is 15.0. The summed E-state index contributed by atoms with van der Waals surface area (Å²) in [5.74, 6) is 2.20. The Morgan fingerprint density at radius 3 is 2.48 bits per heavy atom. The van der Waals surface area contributed by atoms with Crippen molar-refractivity contribution in [3.8, 4) is 28.5 Å². The van der Waals surface area contributed by atoms with Crippen LogP contribution in [0.2, 0.25) is 0 Å². The molecule has 7 nitrogen and oxygen atoms in total. The Bertz CT molecular complexity index is 1260. The number of pyridine rings is 1. The van der Waals surface area contributed by atoms with Crippen LogP contribution in [0, 0.1) is 12.8 Å². The van der Waals surface area contributed by atoms with Crippen LogP contribution in [0.15, 0.2) is 36.4 Å². The molecule has 4 aromatic rings. The van der Waals surface area contributed by atoms with E-state index >= 15 is 0 Å². The molecule has 8 heteroatoms. The number of halogens is 1. The largest absolute Gasteiger partial charge is 0.508 e. The third-order valence-corrected chi connectivity index (χ3v) is 6.43. The topological polar surface area (TPSA) is 83.5 Å². The SMILES string of the molecule is COc1cc2c(-c3ccc(O)cc3)nc3n[nH]c(C)c3c2cc1OCC1CCN(C)CC1.Cl. The molecule has 2 aromatic carbocycles. The van der Waals surface area contributed by atoms with Crippen LogP contribution in [0.4, 0.5) is 0 Å². The molecular weight excluding hydrogens is 440 g/mol. The zero-order valence-corrected chi connectivity index (χ0v) is 19.9. The number of H-pyrrole nitrogens is 1. The number of methoxy groups -OCH3 is 1. The van der Waals surface area contributed by atoms with Crippen LogP contribution in [-0.2, 0) is 0 Å². The summed E-state index contributed by atoms with van der Waals surface area (Å²) in [6.45, 7) is 4.90. The molecule has 0 radical (unpaired) electrons. The average Bonchev–Trinajstić information content (AvgIpc) is 3.19. The number of aromatic nitrogens is 3. The van der Waals surface area contributed by atoms with Crippen LogP contribution in [0.25, 0.3) is 33.1 Å². The van der Waals surface area contributed by atoms with E-state index in [9.17, 15) is 5.11 Å². The predicted octanol–water partition coefficient (Wildman–Crippen LogP) is 4.94. The number of likely N-dealkylation sites (tertiary alicyclic amines) is 1. The molecule has 0 amide bonds. The quantitative estimate of drug-likeness (QED) is 0.431. The van der Waals surface area contributed by atoms with Gasteiger partial charge in [0.1, 0.15) is 5.75 Å². The number of aromatic hydroxyl groups is 1. The summed E-state index contributed by atoms with van der Waals surface area (Å²) >= 11 is 0. The minimum atomic E-state index is 0. The maximum Gasteiger partial charge on any atom is 0.182 e. The Labute approximate surface area is 199 Å². The first-order chi connectivity index (χ1) is 15.5. The predicted molar refractivity (Wildman–Crippen MR) is 133 cm³/mol. The van der Waals surface area contributed by atoms with Crippen molar-refractivity contribution < 1.29 is 14.6 Å². The lowest BCUT2D eigenvalue weighted by atomic mass is 9.98. The minimum Gasteiger partial charge on any atom is -0.508 e. The van der Waals surface area contributed by atoms with Crippen LogP contribution in [0.5, 0.6) is 17.2 Å². The molecular formula is C25H29ClN4O3. The van der Waals surface area contributed by atoms with Gasteiger partial charge in [-0.25, -0.2) is 4.98 Å². The summed E-state index contributed by atoms with van der Waals surface area (Å²) in [5.41, 5.74) is 3.31. The van der Waals surface area contributed by atoms with Crippen LogP contribution in [-0.4, -0.2) is 59.0 Å². The molecule has 1 saturated heterocycles. The molecule has 0 saturated carbocycles. The van der Waals surface area contributed by atoms with Gasteiger partial charge in [-0.1, -0.05) is 0 Å². The van der Waals surface area contributed by atoms with Crippen LogP contribution >= 0.6 is 12.4 Å². The maximum absolute atomic E-state index is 9.71. The summed E-state index contributed by atoms with van der Waals surface area (Å²) in [7, 11) is 3.83. The van der Waals surface area contributed by atoms with E-state index in [2.05, 4.69) is 28.2 Å². The molecule has 1 fully saturated rings. The van der Waals surface area contributed by atoms with Gasteiger partial charge in [-0.2, -0.15) is 5.10 Å². The van der Waals surface area contributed by atoms with E-state index in [-0.39, 0.29) is 18.2 Å². The second kappa shape index (κ2) is 9.45. The fraction of sp³-hybridized carbons (Fsp3) is 0.360. The van der Waals surface area contributed by atoms with Crippen molar-refractivity contribution in [3.05, 3.63) is 42.1 Å². The van der Waals surface area contributed by atoms with E-state index in [1.807, 2.05) is 25.1 Å². The fourth-order valence-electron chi connectivity index (χ4n) is 4.50. The first-order valence-corrected chi connectivity index (χ1v) is 11.0. The highest BCUT2D eigenvalue weighted by Crippen LogP contribution is 2.40. The van der Waals surface area contributed by atoms with Crippen molar-refractivity contribution in [2.75, 3.05) is 33.9 Å². The lowest BCUT2D eigenvalue weighted by Gasteiger charge is -2.29. The molecule has 2 aromatic heterocycles. The van der Waals surface area contributed by atoms with Gasteiger partial charge in [0, 0.05) is 27.4 Å². The monoisotopic (exact) mass is 468 g/mol. The highest BCUT2D eigenvalue weighted by atomic mass is 35.5. The Morgan fingerprint density at radius 1 is 1.09 bits per heavy atom. The van der Waals surface area contributed by atoms with E-state index in [0.29, 0.717) is 23.9 Å². The number of aromatic amines is 1. The lowest BCUT2D eigenvalue weighted by Crippen LogP contribution is -2.32. The molecule has 1 aliphatic heterocycles. The van der Waals surface area contributed by atoms with Gasteiger partial charge in [0.25, 0.3) is 0 Å². The van der Waals surface area contributed by atoms with Crippen LogP contribution < -0.4 is 9.47 Å². The number of phenolic OH excluding ortho intramolecular Hbond substituents is 1. The standard InChI is InChI=1S/C25H28N4O3.ClH/c1-15-23-19-12-22(32-14-16-8-10-29(2)11-9-16)21(31-3)13-20(19)24(26-25(23)28-27-15)17-4-6-18(30)7-5-17;/h4-7,12-13,16,30H,8-11,14H2,1-3H3,(H,26,27,28);1H. The number of ether oxygens (including phenoxy) is 2. The Hall–Kier alpha value is -3.03. The number of rotatable bonds is 5. The summed E-state index contributed by atoms with van der Waals surface area (Å²) in [6.07, 6.45) is 2.29. The Kier molecular flexibility index (Phi) is 6.63. The molecule has 2 N–H and O–H groups in total. The molecule has 174 valence electrons. The van der Waals surface area contributed by atoms with Gasteiger partial charge in [-0.15, -0.1) is 12.4 Å². The first-order valence-electron chi connectivity index (χ1n) is 11.0. The maximum atomic E-state index is 9.71. The number of hydrogen-bond donors (Lipinski definition) is 2. The number of nitrogens with one attached hydrogen (secondary N) is 1. The number of phenols is 1. The highest BCUT2D eigenvalue weighted by Gasteiger charge is 2.21. The van der Waals surface area contributed by atoms with Gasteiger partial charge in [-0.3, -0.25) is 5.10 Å². The van der Waals surface area contributed by atoms with Crippen molar-refractivity contribution >= 4 is 34.2 Å². The molecule has 33 heavy (non-hydrogen) atoms. The molecule has 0 bridgehead atoms. The number of nitrogens with zero attached hydrogens (tertiary/aromatic N) is 3. The van der Waals surface area contributed by atoms with Crippen molar-refractivity contribution in [2.45, 2.75) is 19.8 Å². The van der Waals surface area contributed by atoms with E-state index in [1.165, 1.54) is 0 Å². The number of fused-ring (bicyclic) bond motifs is 3. The van der Waals surface area contributed by atoms with E-state index < -0.39 is 0 Å². The van der Waals surface area contributed by atoms with Crippen LogP contribution in [0.1, 0.15) is 18.5 Å². The van der Waals surface area contributed by atoms with Crippen LogP contribution in [0.3, 0.4) is 0 Å². The zero-order valence-electron chi connectivity index (χ0n) is 19.1. The first kappa shape index (κ1) is 23.1. The van der Waals surface area contributed by atoms with E-state index in [4.69, 9.17) is 14.5 Å². The van der Waals surface area contributed by atoms with Crippen molar-refractivity contribution in [1.82, 2.24) is 20.1 Å². The summed E-state index contributed by atoms with van der Waals surface area (Å²) in [5, 5.41) is 20.1. The Balaban J connectivity index is 0.00000259. The minimum absolute atomic E-state index is 0. The third-order valence-electron chi connectivity index (χ3n) is 6.43. The fourth-order valence-corrected chi connectivity index (χ4v) is 4.50. The highest BCUT2D eigenvalue weighted by molar-refractivity contribution is 6.12. The molecule has 5 rings (SSSR count). The van der Waals surface area contributed by atoms with Gasteiger partial charge in [0.2, 0.25) is 0 Å². The summed E-state index contributed by atoms with van der Waals surface area (Å²) in [6, 6.07) is 11.1. The molecule has 0 atom stereocenters. The second-order valence-corrected chi connectivity index (χ2v) is 8.66.